The molecule has 4 fully saturated rings. The number of fused-ring (bicyclic) bond motifs is 1. The molecule has 4 N–H and O–H groups in total. The summed E-state index contributed by atoms with van der Waals surface area (Å²) in [7, 11) is 0. The van der Waals surface area contributed by atoms with Crippen molar-refractivity contribution in [3.05, 3.63) is 35.5 Å². The Morgan fingerprint density at radius 2 is 1.79 bits per heavy atom. The second kappa shape index (κ2) is 13.3. The van der Waals surface area contributed by atoms with E-state index in [1.807, 2.05) is 0 Å². The van der Waals surface area contributed by atoms with Crippen LogP contribution in [0.3, 0.4) is 0 Å². The molecule has 1 aliphatic heterocycles. The molecule has 2 unspecified atom stereocenters. The highest BCUT2D eigenvalue weighted by atomic mass is 16.7. The van der Waals surface area contributed by atoms with Crippen LogP contribution in [0.15, 0.2) is 35.5 Å². The molecular weight excluding hydrogens is 492 g/mol. The summed E-state index contributed by atoms with van der Waals surface area (Å²) < 4.78 is 11.7. The Balaban J connectivity index is 1.41. The molecule has 4 rings (SSSR count). The van der Waals surface area contributed by atoms with Gasteiger partial charge in [0, 0.05) is 0 Å². The molecule has 0 aromatic rings. The Kier molecular flexibility index (Phi) is 10.6. The molecule has 222 valence electrons. The van der Waals surface area contributed by atoms with Crippen LogP contribution >= 0.6 is 0 Å². The Labute approximate surface area is 236 Å². The van der Waals surface area contributed by atoms with Gasteiger partial charge in [0.1, 0.15) is 24.4 Å². The molecule has 39 heavy (non-hydrogen) atoms. The smallest absolute Gasteiger partial charge is 0.186 e. The number of hydrogen-bond acceptors (Lipinski definition) is 6. The van der Waals surface area contributed by atoms with E-state index in [1.54, 1.807) is 5.57 Å². The lowest BCUT2D eigenvalue weighted by atomic mass is 9.60. The van der Waals surface area contributed by atoms with Gasteiger partial charge in [0.2, 0.25) is 0 Å². The van der Waals surface area contributed by atoms with Crippen LogP contribution in [-0.4, -0.2) is 63.8 Å². The molecule has 6 heteroatoms. The lowest BCUT2D eigenvalue weighted by Crippen LogP contribution is -2.59. The normalized spacial score (nSPS) is 42.3. The minimum absolute atomic E-state index is 0.194. The first-order chi connectivity index (χ1) is 18.5. The molecule has 3 aliphatic carbocycles. The molecule has 6 nitrogen and oxygen atoms in total. The highest BCUT2D eigenvalue weighted by Crippen LogP contribution is 2.60. The van der Waals surface area contributed by atoms with Crippen molar-refractivity contribution in [1.82, 2.24) is 0 Å². The largest absolute Gasteiger partial charge is 0.394 e. The van der Waals surface area contributed by atoms with Gasteiger partial charge in [-0.15, -0.1) is 0 Å². The molecule has 1 heterocycles. The first kappa shape index (κ1) is 30.9. The quantitative estimate of drug-likeness (QED) is 0.307. The summed E-state index contributed by atoms with van der Waals surface area (Å²) in [5.74, 6) is 3.05. The number of aliphatic hydroxyl groups excluding tert-OH is 4. The van der Waals surface area contributed by atoms with Crippen LogP contribution in [0.4, 0.5) is 0 Å². The van der Waals surface area contributed by atoms with E-state index in [1.165, 1.54) is 56.9 Å². The summed E-state index contributed by atoms with van der Waals surface area (Å²) in [6, 6.07) is 0. The average molecular weight is 547 g/mol. The molecule has 10 atom stereocenters. The number of ether oxygens (including phenoxy) is 2. The number of aliphatic hydroxyl groups is 4. The van der Waals surface area contributed by atoms with Gasteiger partial charge in [-0.2, -0.15) is 0 Å². The van der Waals surface area contributed by atoms with Gasteiger partial charge in [-0.05, 0) is 86.0 Å². The fourth-order valence-corrected chi connectivity index (χ4v) is 8.13. The van der Waals surface area contributed by atoms with Crippen molar-refractivity contribution in [2.24, 2.45) is 29.1 Å². The van der Waals surface area contributed by atoms with E-state index in [0.717, 1.165) is 36.2 Å². The first-order valence-electron chi connectivity index (χ1n) is 15.6. The van der Waals surface area contributed by atoms with Crippen molar-refractivity contribution >= 4 is 0 Å². The maximum absolute atomic E-state index is 10.4. The zero-order chi connectivity index (χ0) is 28.3. The van der Waals surface area contributed by atoms with Crippen LogP contribution in [0.1, 0.15) is 98.3 Å². The third kappa shape index (κ3) is 6.90. The fourth-order valence-electron chi connectivity index (χ4n) is 8.13. The van der Waals surface area contributed by atoms with E-state index in [9.17, 15) is 20.4 Å². The van der Waals surface area contributed by atoms with Crippen molar-refractivity contribution in [2.45, 2.75) is 135 Å². The van der Waals surface area contributed by atoms with Gasteiger partial charge in [-0.1, -0.05) is 76.8 Å². The highest BCUT2D eigenvalue weighted by Gasteiger charge is 2.50. The molecule has 4 aliphatic rings. The van der Waals surface area contributed by atoms with Gasteiger partial charge in [0.25, 0.3) is 0 Å². The third-order valence-corrected chi connectivity index (χ3v) is 10.5. The predicted molar refractivity (Wildman–Crippen MR) is 154 cm³/mol. The van der Waals surface area contributed by atoms with Gasteiger partial charge < -0.3 is 29.9 Å². The Morgan fingerprint density at radius 3 is 2.51 bits per heavy atom. The van der Waals surface area contributed by atoms with E-state index < -0.39 is 37.3 Å². The molecular formula is C33H54O6. The number of allylic oxidation sites excluding steroid dienone is 4. The molecule has 0 spiro atoms. The van der Waals surface area contributed by atoms with Gasteiger partial charge in [0.15, 0.2) is 6.29 Å². The first-order valence-corrected chi connectivity index (χ1v) is 15.6. The molecule has 0 radical (unpaired) electrons. The summed E-state index contributed by atoms with van der Waals surface area (Å²) >= 11 is 0. The SMILES string of the molecule is C=C1CC[C@H](OC2O[C@H](CO)[C@@H](O)[C@H](O)[C@H]2O)CC1=CC=C1CCC[C@@]2(C)C1CC[C@@H]2[C@H](C)CCCC(C)C. The molecule has 0 amide bonds. The lowest BCUT2D eigenvalue weighted by molar-refractivity contribution is -0.311. The lowest BCUT2D eigenvalue weighted by Gasteiger charge is -2.44. The Bertz CT molecular complexity index is 893. The predicted octanol–water partition coefficient (Wildman–Crippen LogP) is 5.44. The summed E-state index contributed by atoms with van der Waals surface area (Å²) in [5.41, 5.74) is 4.30. The van der Waals surface area contributed by atoms with E-state index >= 15 is 0 Å². The highest BCUT2D eigenvalue weighted by molar-refractivity contribution is 5.36. The number of rotatable bonds is 9. The molecule has 1 saturated heterocycles. The molecule has 0 aromatic carbocycles. The summed E-state index contributed by atoms with van der Waals surface area (Å²) in [5, 5.41) is 40.1. The monoisotopic (exact) mass is 546 g/mol. The second-order valence-electron chi connectivity index (χ2n) is 13.6. The Hall–Kier alpha value is -1.02. The van der Waals surface area contributed by atoms with Crippen molar-refractivity contribution in [3.63, 3.8) is 0 Å². The van der Waals surface area contributed by atoms with Gasteiger partial charge in [0.05, 0.1) is 12.7 Å². The second-order valence-corrected chi connectivity index (χ2v) is 13.6. The van der Waals surface area contributed by atoms with Crippen molar-refractivity contribution in [1.29, 1.82) is 0 Å². The zero-order valence-electron chi connectivity index (χ0n) is 24.7. The maximum Gasteiger partial charge on any atom is 0.186 e. The standard InChI is InChI=1S/C33H54O6/c1-20(2)8-6-9-22(4)26-15-16-27-23(10-7-17-33(26,27)5)12-13-24-18-25(14-11-21(24)3)38-32-31(37)30(36)29(35)28(19-34)39-32/h12-13,20,22,25-32,34-37H,3,6-11,14-19H2,1-2,4-5H3/t22-,25+,26-,27?,28-,29-,30+,31-,32?,33-/m1/s1. The van der Waals surface area contributed by atoms with Crippen LogP contribution in [-0.2, 0) is 9.47 Å². The molecule has 0 aromatic heterocycles. The van der Waals surface area contributed by atoms with E-state index in [4.69, 9.17) is 9.47 Å². The van der Waals surface area contributed by atoms with Gasteiger partial charge in [-0.25, -0.2) is 0 Å². The van der Waals surface area contributed by atoms with Crippen LogP contribution in [0.25, 0.3) is 0 Å². The number of hydrogen-bond donors (Lipinski definition) is 4. The van der Waals surface area contributed by atoms with Crippen LogP contribution in [0.5, 0.6) is 0 Å². The molecule has 0 bridgehead atoms. The van der Waals surface area contributed by atoms with Crippen molar-refractivity contribution in [2.75, 3.05) is 6.61 Å². The van der Waals surface area contributed by atoms with Crippen molar-refractivity contribution in [3.8, 4) is 0 Å². The Morgan fingerprint density at radius 1 is 1.03 bits per heavy atom. The summed E-state index contributed by atoms with van der Waals surface area (Å²) in [6.45, 7) is 13.6. The van der Waals surface area contributed by atoms with Crippen LogP contribution in [0, 0.1) is 29.1 Å². The minimum Gasteiger partial charge on any atom is -0.394 e. The van der Waals surface area contributed by atoms with E-state index in [-0.39, 0.29) is 6.10 Å². The van der Waals surface area contributed by atoms with Gasteiger partial charge in [-0.3, -0.25) is 0 Å². The third-order valence-electron chi connectivity index (χ3n) is 10.5. The topological polar surface area (TPSA) is 99.4 Å². The van der Waals surface area contributed by atoms with Crippen LogP contribution in [0.2, 0.25) is 0 Å². The summed E-state index contributed by atoms with van der Waals surface area (Å²) in [4.78, 5) is 0. The average Bonchev–Trinajstić information content (AvgIpc) is 3.26. The van der Waals surface area contributed by atoms with Crippen molar-refractivity contribution < 1.29 is 29.9 Å². The van der Waals surface area contributed by atoms with Crippen LogP contribution < -0.4 is 0 Å². The van der Waals surface area contributed by atoms with Gasteiger partial charge >= 0.3 is 0 Å². The van der Waals surface area contributed by atoms with E-state index in [0.29, 0.717) is 17.8 Å². The fraction of sp³-hybridized carbons (Fsp3) is 0.818. The van der Waals surface area contributed by atoms with E-state index in [2.05, 4.69) is 46.4 Å². The minimum atomic E-state index is -1.42. The maximum atomic E-state index is 10.4. The molecule has 3 saturated carbocycles. The summed E-state index contributed by atoms with van der Waals surface area (Å²) in [6.07, 6.45) is 10.9. The zero-order valence-corrected chi connectivity index (χ0v) is 24.7.